The van der Waals surface area contributed by atoms with Gasteiger partial charge in [0.25, 0.3) is 0 Å². The predicted octanol–water partition coefficient (Wildman–Crippen LogP) is 3.81. The summed E-state index contributed by atoms with van der Waals surface area (Å²) in [6.07, 6.45) is 0.0577. The molecule has 1 atom stereocenters. The molecule has 1 unspecified atom stereocenters. The maximum absolute atomic E-state index is 10.4. The molecule has 0 spiro atoms. The van der Waals surface area contributed by atoms with Crippen LogP contribution in [0.5, 0.6) is 11.5 Å². The van der Waals surface area contributed by atoms with Crippen LogP contribution in [0.4, 0.5) is 0 Å². The predicted molar refractivity (Wildman–Crippen MR) is 81.8 cm³/mol. The van der Waals surface area contributed by atoms with E-state index in [1.165, 1.54) is 5.56 Å². The average Bonchev–Trinajstić information content (AvgIpc) is 2.95. The number of fused-ring (bicyclic) bond motifs is 1. The lowest BCUT2D eigenvalue weighted by atomic mass is 9.97. The van der Waals surface area contributed by atoms with Crippen molar-refractivity contribution in [3.05, 3.63) is 59.2 Å². The fourth-order valence-electron chi connectivity index (χ4n) is 2.50. The molecule has 0 saturated carbocycles. The molecule has 1 aliphatic heterocycles. The van der Waals surface area contributed by atoms with Crippen molar-refractivity contribution in [2.75, 3.05) is 6.79 Å². The van der Waals surface area contributed by atoms with Gasteiger partial charge in [-0.15, -0.1) is 0 Å². The van der Waals surface area contributed by atoms with Gasteiger partial charge in [0.05, 0.1) is 6.10 Å². The second kappa shape index (κ2) is 5.78. The van der Waals surface area contributed by atoms with Crippen LogP contribution < -0.4 is 9.47 Å². The van der Waals surface area contributed by atoms with Crippen molar-refractivity contribution in [2.24, 2.45) is 0 Å². The number of aliphatic hydroxyl groups is 1. The van der Waals surface area contributed by atoms with E-state index in [1.54, 1.807) is 0 Å². The van der Waals surface area contributed by atoms with Crippen molar-refractivity contribution in [3.63, 3.8) is 0 Å². The number of hydrogen-bond acceptors (Lipinski definition) is 3. The lowest BCUT2D eigenvalue weighted by Gasteiger charge is -2.13. The summed E-state index contributed by atoms with van der Waals surface area (Å²) < 4.78 is 10.6. The highest BCUT2D eigenvalue weighted by Crippen LogP contribution is 2.34. The SMILES string of the molecule is CC(C)c1ccc(CC(O)c2ccc3c(c2)OCO3)cc1. The minimum absolute atomic E-state index is 0.256. The second-order valence-electron chi connectivity index (χ2n) is 5.73. The normalized spacial score (nSPS) is 14.5. The Labute approximate surface area is 125 Å². The highest BCUT2D eigenvalue weighted by Gasteiger charge is 2.16. The summed E-state index contributed by atoms with van der Waals surface area (Å²) in [4.78, 5) is 0. The van der Waals surface area contributed by atoms with Crippen molar-refractivity contribution in [3.8, 4) is 11.5 Å². The van der Waals surface area contributed by atoms with E-state index < -0.39 is 6.10 Å². The third-order valence-corrected chi connectivity index (χ3v) is 3.86. The number of ether oxygens (including phenoxy) is 2. The van der Waals surface area contributed by atoms with E-state index in [1.807, 2.05) is 18.2 Å². The molecule has 3 nitrogen and oxygen atoms in total. The molecule has 3 heteroatoms. The van der Waals surface area contributed by atoms with Crippen LogP contribution in [0.2, 0.25) is 0 Å². The minimum Gasteiger partial charge on any atom is -0.454 e. The lowest BCUT2D eigenvalue weighted by molar-refractivity contribution is 0.171. The molecule has 2 aromatic rings. The lowest BCUT2D eigenvalue weighted by Crippen LogP contribution is -2.02. The quantitative estimate of drug-likeness (QED) is 0.927. The summed E-state index contributed by atoms with van der Waals surface area (Å²) in [5, 5.41) is 10.4. The fraction of sp³-hybridized carbons (Fsp3) is 0.333. The Morgan fingerprint density at radius 1 is 0.952 bits per heavy atom. The van der Waals surface area contributed by atoms with Crippen LogP contribution >= 0.6 is 0 Å². The van der Waals surface area contributed by atoms with Crippen molar-refractivity contribution >= 4 is 0 Å². The van der Waals surface area contributed by atoms with Gasteiger partial charge in [-0.3, -0.25) is 0 Å². The third-order valence-electron chi connectivity index (χ3n) is 3.86. The molecule has 0 saturated heterocycles. The molecule has 0 aromatic heterocycles. The molecular formula is C18H20O3. The molecule has 0 bridgehead atoms. The van der Waals surface area contributed by atoms with E-state index in [2.05, 4.69) is 38.1 Å². The maximum atomic E-state index is 10.4. The number of aliphatic hydroxyl groups excluding tert-OH is 1. The molecule has 0 aliphatic carbocycles. The van der Waals surface area contributed by atoms with E-state index in [4.69, 9.17) is 9.47 Å². The van der Waals surface area contributed by atoms with E-state index in [0.717, 1.165) is 16.9 Å². The van der Waals surface area contributed by atoms with Crippen molar-refractivity contribution in [1.29, 1.82) is 0 Å². The first-order valence-corrected chi connectivity index (χ1v) is 7.30. The minimum atomic E-state index is -0.538. The summed E-state index contributed by atoms with van der Waals surface area (Å²) in [7, 11) is 0. The molecule has 1 aliphatic rings. The molecule has 0 fully saturated rings. The Kier molecular flexibility index (Phi) is 3.84. The van der Waals surface area contributed by atoms with E-state index in [0.29, 0.717) is 18.1 Å². The topological polar surface area (TPSA) is 38.7 Å². The zero-order valence-corrected chi connectivity index (χ0v) is 12.4. The van der Waals surface area contributed by atoms with Gasteiger partial charge in [-0.25, -0.2) is 0 Å². The summed E-state index contributed by atoms with van der Waals surface area (Å²) in [5.41, 5.74) is 3.30. The van der Waals surface area contributed by atoms with Crippen molar-refractivity contribution in [2.45, 2.75) is 32.3 Å². The largest absolute Gasteiger partial charge is 0.454 e. The summed E-state index contributed by atoms with van der Waals surface area (Å²) in [5.74, 6) is 1.98. The Balaban J connectivity index is 1.72. The van der Waals surface area contributed by atoms with Crippen LogP contribution in [-0.2, 0) is 6.42 Å². The molecule has 21 heavy (non-hydrogen) atoms. The molecule has 110 valence electrons. The standard InChI is InChI=1S/C18H20O3/c1-12(2)14-5-3-13(4-6-14)9-16(19)15-7-8-17-18(10-15)21-11-20-17/h3-8,10,12,16,19H,9,11H2,1-2H3. The average molecular weight is 284 g/mol. The Bertz CT molecular complexity index is 617. The summed E-state index contributed by atoms with van der Waals surface area (Å²) in [6, 6.07) is 14.0. The molecular weight excluding hydrogens is 264 g/mol. The molecule has 0 radical (unpaired) electrons. The summed E-state index contributed by atoms with van der Waals surface area (Å²) in [6.45, 7) is 4.61. The molecule has 3 rings (SSSR count). The van der Waals surface area contributed by atoms with E-state index >= 15 is 0 Å². The first kappa shape index (κ1) is 14.0. The Hall–Kier alpha value is -2.00. The van der Waals surface area contributed by atoms with Gasteiger partial charge in [0.1, 0.15) is 0 Å². The van der Waals surface area contributed by atoms with E-state index in [-0.39, 0.29) is 6.79 Å². The zero-order chi connectivity index (χ0) is 14.8. The second-order valence-corrected chi connectivity index (χ2v) is 5.73. The molecule has 0 amide bonds. The van der Waals surface area contributed by atoms with Crippen LogP contribution in [0.15, 0.2) is 42.5 Å². The van der Waals surface area contributed by atoms with Gasteiger partial charge in [-0.05, 0) is 34.7 Å². The maximum Gasteiger partial charge on any atom is 0.231 e. The number of hydrogen-bond donors (Lipinski definition) is 1. The molecule has 1 N–H and O–H groups in total. The number of benzene rings is 2. The molecule has 2 aromatic carbocycles. The first-order valence-electron chi connectivity index (χ1n) is 7.30. The van der Waals surface area contributed by atoms with Gasteiger partial charge in [0, 0.05) is 6.42 Å². The monoisotopic (exact) mass is 284 g/mol. The van der Waals surface area contributed by atoms with Gasteiger partial charge in [-0.2, -0.15) is 0 Å². The van der Waals surface area contributed by atoms with E-state index in [9.17, 15) is 5.11 Å². The van der Waals surface area contributed by atoms with Crippen LogP contribution in [0.25, 0.3) is 0 Å². The Morgan fingerprint density at radius 3 is 2.33 bits per heavy atom. The van der Waals surface area contributed by atoms with Crippen LogP contribution in [0.1, 0.15) is 42.6 Å². The smallest absolute Gasteiger partial charge is 0.231 e. The van der Waals surface area contributed by atoms with Crippen LogP contribution in [0, 0.1) is 0 Å². The summed E-state index contributed by atoms with van der Waals surface area (Å²) >= 11 is 0. The van der Waals surface area contributed by atoms with Gasteiger partial charge in [0.2, 0.25) is 6.79 Å². The van der Waals surface area contributed by atoms with Crippen molar-refractivity contribution < 1.29 is 14.6 Å². The Morgan fingerprint density at radius 2 is 1.62 bits per heavy atom. The fourth-order valence-corrected chi connectivity index (χ4v) is 2.50. The highest BCUT2D eigenvalue weighted by molar-refractivity contribution is 5.45. The highest BCUT2D eigenvalue weighted by atomic mass is 16.7. The van der Waals surface area contributed by atoms with Crippen LogP contribution in [-0.4, -0.2) is 11.9 Å². The third kappa shape index (κ3) is 3.03. The number of rotatable bonds is 4. The van der Waals surface area contributed by atoms with Crippen molar-refractivity contribution in [1.82, 2.24) is 0 Å². The van der Waals surface area contributed by atoms with Gasteiger partial charge in [0.15, 0.2) is 11.5 Å². The van der Waals surface area contributed by atoms with Gasteiger partial charge < -0.3 is 14.6 Å². The van der Waals surface area contributed by atoms with Gasteiger partial charge >= 0.3 is 0 Å². The molecule has 1 heterocycles. The van der Waals surface area contributed by atoms with Gasteiger partial charge in [-0.1, -0.05) is 44.2 Å². The van der Waals surface area contributed by atoms with Crippen LogP contribution in [0.3, 0.4) is 0 Å². The zero-order valence-electron chi connectivity index (χ0n) is 12.4. The first-order chi connectivity index (χ1) is 10.1.